The molecule has 0 radical (unpaired) electrons. The van der Waals surface area contributed by atoms with E-state index in [0.717, 1.165) is 38.8 Å². The first-order valence-corrected chi connectivity index (χ1v) is 13.1. The molecule has 0 spiro atoms. The second-order valence-electron chi connectivity index (χ2n) is 11.6. The average molecular weight is 481 g/mol. The maximum atomic E-state index is 13.1. The molecule has 0 aromatic heterocycles. The molecular formula is C26H44N2O6. The fraction of sp³-hybridized carbons (Fsp3) is 0.885. The first-order chi connectivity index (χ1) is 16.1. The van der Waals surface area contributed by atoms with Crippen molar-refractivity contribution < 1.29 is 29.0 Å². The van der Waals surface area contributed by atoms with Gasteiger partial charge in [0.05, 0.1) is 12.0 Å². The van der Waals surface area contributed by atoms with E-state index in [9.17, 15) is 19.5 Å². The average Bonchev–Trinajstić information content (AvgIpc) is 2.81. The van der Waals surface area contributed by atoms with Crippen molar-refractivity contribution in [3.63, 3.8) is 0 Å². The van der Waals surface area contributed by atoms with E-state index >= 15 is 0 Å². The zero-order valence-corrected chi connectivity index (χ0v) is 21.4. The number of methoxy groups -OCH3 is 1. The van der Waals surface area contributed by atoms with Crippen molar-refractivity contribution >= 4 is 18.0 Å². The molecule has 5 unspecified atom stereocenters. The lowest BCUT2D eigenvalue weighted by Gasteiger charge is -2.41. The second-order valence-corrected chi connectivity index (χ2v) is 11.6. The van der Waals surface area contributed by atoms with Gasteiger partial charge in [0.15, 0.2) is 0 Å². The molecule has 34 heavy (non-hydrogen) atoms. The van der Waals surface area contributed by atoms with Crippen LogP contribution in [-0.2, 0) is 19.1 Å². The zero-order valence-electron chi connectivity index (χ0n) is 21.4. The van der Waals surface area contributed by atoms with Crippen LogP contribution in [0, 0.1) is 29.6 Å². The monoisotopic (exact) mass is 480 g/mol. The number of rotatable bonds is 6. The minimum Gasteiger partial charge on any atom is -0.481 e. The molecule has 0 aromatic rings. The highest BCUT2D eigenvalue weighted by atomic mass is 16.6. The summed E-state index contributed by atoms with van der Waals surface area (Å²) in [7, 11) is 1.55. The Kier molecular flexibility index (Phi) is 9.24. The molecule has 2 aliphatic carbocycles. The van der Waals surface area contributed by atoms with Crippen molar-refractivity contribution in [3.05, 3.63) is 0 Å². The number of amides is 2. The van der Waals surface area contributed by atoms with E-state index in [2.05, 4.69) is 5.32 Å². The lowest BCUT2D eigenvalue weighted by Crippen LogP contribution is -2.46. The lowest BCUT2D eigenvalue weighted by atomic mass is 9.72. The van der Waals surface area contributed by atoms with E-state index < -0.39 is 17.5 Å². The standard InChI is InChI=1S/C26H44N2O6/c1-26(2,3)34-25(32)27-16-17-6-5-7-19(14-17)18-10-12-28(13-11-18)23(29)20-8-9-22(33-4)21(15-20)24(30)31/h17-22H,5-16H2,1-4H3,(H,27,32)(H,30,31). The fourth-order valence-corrected chi connectivity index (χ4v) is 6.25. The summed E-state index contributed by atoms with van der Waals surface area (Å²) in [6.45, 7) is 7.81. The van der Waals surface area contributed by atoms with Gasteiger partial charge in [0.1, 0.15) is 5.60 Å². The van der Waals surface area contributed by atoms with Crippen LogP contribution in [0.15, 0.2) is 0 Å². The molecule has 2 saturated carbocycles. The van der Waals surface area contributed by atoms with Gasteiger partial charge in [-0.3, -0.25) is 9.59 Å². The van der Waals surface area contributed by atoms with Gasteiger partial charge in [0, 0.05) is 32.7 Å². The zero-order chi connectivity index (χ0) is 24.9. The number of hydrogen-bond acceptors (Lipinski definition) is 5. The summed E-state index contributed by atoms with van der Waals surface area (Å²) in [5.74, 6) is 0.198. The Labute approximate surface area is 204 Å². The predicted octanol–water partition coefficient (Wildman–Crippen LogP) is 4.07. The van der Waals surface area contributed by atoms with Crippen LogP contribution in [0.25, 0.3) is 0 Å². The molecule has 3 fully saturated rings. The summed E-state index contributed by atoms with van der Waals surface area (Å²) in [6, 6.07) is 0. The van der Waals surface area contributed by atoms with Crippen molar-refractivity contribution in [2.75, 3.05) is 26.7 Å². The number of likely N-dealkylation sites (tertiary alicyclic amines) is 1. The van der Waals surface area contributed by atoms with Crippen LogP contribution in [0.1, 0.15) is 78.6 Å². The van der Waals surface area contributed by atoms with Gasteiger partial charge < -0.3 is 24.8 Å². The summed E-state index contributed by atoms with van der Waals surface area (Å²) < 4.78 is 10.7. The van der Waals surface area contributed by atoms with Gasteiger partial charge in [-0.15, -0.1) is 0 Å². The first-order valence-electron chi connectivity index (χ1n) is 13.1. The van der Waals surface area contributed by atoms with E-state index in [-0.39, 0.29) is 24.0 Å². The Morgan fingerprint density at radius 1 is 0.971 bits per heavy atom. The molecule has 8 nitrogen and oxygen atoms in total. The second kappa shape index (κ2) is 11.7. The Morgan fingerprint density at radius 2 is 1.68 bits per heavy atom. The van der Waals surface area contributed by atoms with E-state index in [1.54, 1.807) is 7.11 Å². The molecule has 3 aliphatic rings. The van der Waals surface area contributed by atoms with Gasteiger partial charge in [-0.2, -0.15) is 0 Å². The number of nitrogens with one attached hydrogen (secondary N) is 1. The van der Waals surface area contributed by atoms with Gasteiger partial charge in [-0.25, -0.2) is 4.79 Å². The van der Waals surface area contributed by atoms with Crippen molar-refractivity contribution in [1.29, 1.82) is 0 Å². The third kappa shape index (κ3) is 7.33. The number of ether oxygens (including phenoxy) is 2. The predicted molar refractivity (Wildman–Crippen MR) is 128 cm³/mol. The minimum absolute atomic E-state index is 0.127. The SMILES string of the molecule is COC1CCC(C(=O)N2CCC(C3CCCC(CNC(=O)OC(C)(C)C)C3)CC2)CC1C(=O)O. The molecule has 2 amide bonds. The van der Waals surface area contributed by atoms with Crippen LogP contribution in [0.4, 0.5) is 4.79 Å². The maximum absolute atomic E-state index is 13.1. The Balaban J connectivity index is 1.44. The summed E-state index contributed by atoms with van der Waals surface area (Å²) in [4.78, 5) is 38.7. The van der Waals surface area contributed by atoms with E-state index in [1.165, 1.54) is 12.8 Å². The Bertz CT molecular complexity index is 713. The highest BCUT2D eigenvalue weighted by molar-refractivity contribution is 5.80. The molecule has 194 valence electrons. The number of carbonyl (C=O) groups excluding carboxylic acids is 2. The van der Waals surface area contributed by atoms with Crippen LogP contribution in [-0.4, -0.2) is 66.4 Å². The number of aliphatic carboxylic acids is 1. The number of hydrogen-bond donors (Lipinski definition) is 2. The van der Waals surface area contributed by atoms with Crippen LogP contribution in [0.3, 0.4) is 0 Å². The van der Waals surface area contributed by atoms with Gasteiger partial charge in [0.25, 0.3) is 0 Å². The van der Waals surface area contributed by atoms with E-state index in [1.807, 2.05) is 25.7 Å². The summed E-state index contributed by atoms with van der Waals surface area (Å²) in [6.07, 6.45) is 7.76. The highest BCUT2D eigenvalue weighted by Crippen LogP contribution is 2.39. The molecule has 2 N–H and O–H groups in total. The largest absolute Gasteiger partial charge is 0.481 e. The van der Waals surface area contributed by atoms with Crippen molar-refractivity contribution in [2.45, 2.75) is 90.3 Å². The van der Waals surface area contributed by atoms with E-state index in [4.69, 9.17) is 9.47 Å². The van der Waals surface area contributed by atoms with Gasteiger partial charge in [0.2, 0.25) is 5.91 Å². The smallest absolute Gasteiger partial charge is 0.407 e. The quantitative estimate of drug-likeness (QED) is 0.594. The van der Waals surface area contributed by atoms with E-state index in [0.29, 0.717) is 43.6 Å². The van der Waals surface area contributed by atoms with Crippen LogP contribution in [0.5, 0.6) is 0 Å². The molecular weight excluding hydrogens is 436 g/mol. The third-order valence-corrected chi connectivity index (χ3v) is 8.03. The van der Waals surface area contributed by atoms with Crippen LogP contribution in [0.2, 0.25) is 0 Å². The molecule has 0 aromatic carbocycles. The van der Waals surface area contributed by atoms with Crippen molar-refractivity contribution in [1.82, 2.24) is 10.2 Å². The molecule has 0 bridgehead atoms. The minimum atomic E-state index is -0.865. The fourth-order valence-electron chi connectivity index (χ4n) is 6.25. The molecule has 8 heteroatoms. The van der Waals surface area contributed by atoms with Crippen LogP contribution >= 0.6 is 0 Å². The molecule has 1 heterocycles. The number of alkyl carbamates (subject to hydrolysis) is 1. The normalized spacial score (nSPS) is 31.1. The number of carboxylic acids is 1. The maximum Gasteiger partial charge on any atom is 0.407 e. The number of piperidine rings is 1. The molecule has 1 aliphatic heterocycles. The first kappa shape index (κ1) is 26.8. The van der Waals surface area contributed by atoms with Crippen molar-refractivity contribution in [2.24, 2.45) is 29.6 Å². The Hall–Kier alpha value is -1.83. The summed E-state index contributed by atoms with van der Waals surface area (Å²) >= 11 is 0. The Morgan fingerprint density at radius 3 is 2.29 bits per heavy atom. The summed E-state index contributed by atoms with van der Waals surface area (Å²) in [5.41, 5.74) is -0.484. The number of nitrogens with zero attached hydrogens (tertiary/aromatic N) is 1. The topological polar surface area (TPSA) is 105 Å². The lowest BCUT2D eigenvalue weighted by molar-refractivity contribution is -0.152. The van der Waals surface area contributed by atoms with Crippen LogP contribution < -0.4 is 5.32 Å². The molecule has 5 atom stereocenters. The molecule has 3 rings (SSSR count). The van der Waals surface area contributed by atoms with Gasteiger partial charge in [-0.05, 0) is 83.5 Å². The number of carbonyl (C=O) groups is 3. The number of carboxylic acid groups (broad SMARTS) is 1. The summed E-state index contributed by atoms with van der Waals surface area (Å²) in [5, 5.41) is 12.5. The van der Waals surface area contributed by atoms with Crippen molar-refractivity contribution in [3.8, 4) is 0 Å². The highest BCUT2D eigenvalue weighted by Gasteiger charge is 2.40. The molecule has 1 saturated heterocycles. The van der Waals surface area contributed by atoms with Gasteiger partial charge in [-0.1, -0.05) is 12.8 Å². The van der Waals surface area contributed by atoms with Gasteiger partial charge >= 0.3 is 12.1 Å². The third-order valence-electron chi connectivity index (χ3n) is 8.03.